The fourth-order valence-corrected chi connectivity index (χ4v) is 5.81. The summed E-state index contributed by atoms with van der Waals surface area (Å²) < 4.78 is 5.24. The van der Waals surface area contributed by atoms with Crippen molar-refractivity contribution >= 4 is 34.6 Å². The molecule has 0 aliphatic carbocycles. The maximum Gasteiger partial charge on any atom is 0.408 e. The standard InChI is InChI=1S/C35H45N5O6/c1-35(2,3)40-17-9-14-29(40)33(44)37-21-30(41)27(19-24-15-16-25-12-7-8-13-26(25)18-24)38-32(43)28(20-31(36)42)39-34(45)46-22-23-10-5-4-6-11-23/h4-8,10-13,15-16,18,27-30,41H,9,14,17,19-22H2,1-3H3,(H2,36,42)(H,37,44)(H,38,43)(H,39,45)/t27-,28-,29-,30+/m0/s1. The van der Waals surface area contributed by atoms with Gasteiger partial charge in [0.05, 0.1) is 24.6 Å². The van der Waals surface area contributed by atoms with Crippen molar-refractivity contribution in [3.05, 3.63) is 83.9 Å². The SMILES string of the molecule is CC(C)(C)N1CCC[C@H]1C(=O)NC[C@@H](O)[C@H](Cc1ccc2ccccc2c1)NC(=O)[C@H](CC(N)=O)NC(=O)OCc1ccccc1. The van der Waals surface area contributed by atoms with Crippen molar-refractivity contribution in [1.82, 2.24) is 20.9 Å². The van der Waals surface area contributed by atoms with Crippen LogP contribution in [0.15, 0.2) is 72.8 Å². The Bertz CT molecular complexity index is 1510. The van der Waals surface area contributed by atoms with Gasteiger partial charge in [-0.25, -0.2) is 4.79 Å². The molecular formula is C35H45N5O6. The molecule has 11 nitrogen and oxygen atoms in total. The number of aliphatic hydroxyl groups excluding tert-OH is 1. The van der Waals surface area contributed by atoms with E-state index in [2.05, 4.69) is 41.6 Å². The highest BCUT2D eigenvalue weighted by atomic mass is 16.5. The first kappa shape index (κ1) is 34.4. The van der Waals surface area contributed by atoms with Crippen molar-refractivity contribution in [2.24, 2.45) is 5.73 Å². The third-order valence-electron chi connectivity index (χ3n) is 8.19. The highest BCUT2D eigenvalue weighted by molar-refractivity contribution is 5.90. The van der Waals surface area contributed by atoms with Crippen molar-refractivity contribution in [1.29, 1.82) is 0 Å². The monoisotopic (exact) mass is 631 g/mol. The van der Waals surface area contributed by atoms with Gasteiger partial charge in [0.1, 0.15) is 12.6 Å². The maximum absolute atomic E-state index is 13.5. The summed E-state index contributed by atoms with van der Waals surface area (Å²) in [6.07, 6.45) is -0.732. The number of nitrogens with zero attached hydrogens (tertiary/aromatic N) is 1. The molecule has 1 aliphatic rings. The number of nitrogens with two attached hydrogens (primary N) is 1. The first-order valence-corrected chi connectivity index (χ1v) is 15.7. The quantitative estimate of drug-likeness (QED) is 0.194. The molecule has 1 fully saturated rings. The van der Waals surface area contributed by atoms with E-state index in [1.165, 1.54) is 0 Å². The van der Waals surface area contributed by atoms with Crippen LogP contribution in [0.25, 0.3) is 10.8 Å². The van der Waals surface area contributed by atoms with Crippen LogP contribution in [0.3, 0.4) is 0 Å². The molecule has 3 aromatic carbocycles. The summed E-state index contributed by atoms with van der Waals surface area (Å²) in [5.74, 6) is -1.71. The number of hydrogen-bond donors (Lipinski definition) is 5. The summed E-state index contributed by atoms with van der Waals surface area (Å²) in [5, 5.41) is 21.5. The third kappa shape index (κ3) is 9.76. The van der Waals surface area contributed by atoms with E-state index in [1.807, 2.05) is 48.5 Å². The molecule has 0 spiro atoms. The molecule has 0 unspecified atom stereocenters. The van der Waals surface area contributed by atoms with Crippen LogP contribution >= 0.6 is 0 Å². The molecule has 0 bridgehead atoms. The number of benzene rings is 3. The van der Waals surface area contributed by atoms with Crippen LogP contribution in [-0.2, 0) is 32.1 Å². The molecule has 0 saturated carbocycles. The number of likely N-dealkylation sites (tertiary alicyclic amines) is 1. The minimum absolute atomic E-state index is 0.0335. The molecule has 4 rings (SSSR count). The van der Waals surface area contributed by atoms with Crippen molar-refractivity contribution in [3.63, 3.8) is 0 Å². The van der Waals surface area contributed by atoms with Crippen LogP contribution in [0.2, 0.25) is 0 Å². The van der Waals surface area contributed by atoms with Gasteiger partial charge in [-0.1, -0.05) is 72.8 Å². The lowest BCUT2D eigenvalue weighted by atomic mass is 9.97. The fourth-order valence-electron chi connectivity index (χ4n) is 5.81. The van der Waals surface area contributed by atoms with Crippen LogP contribution in [0.4, 0.5) is 4.79 Å². The third-order valence-corrected chi connectivity index (χ3v) is 8.19. The molecule has 4 atom stereocenters. The van der Waals surface area contributed by atoms with Crippen molar-refractivity contribution in [2.45, 2.75) is 82.8 Å². The molecule has 46 heavy (non-hydrogen) atoms. The van der Waals surface area contributed by atoms with Crippen LogP contribution in [0.5, 0.6) is 0 Å². The van der Waals surface area contributed by atoms with Crippen LogP contribution in [0, 0.1) is 0 Å². The second-order valence-electron chi connectivity index (χ2n) is 12.8. The van der Waals surface area contributed by atoms with E-state index in [9.17, 15) is 24.3 Å². The Balaban J connectivity index is 1.47. The number of rotatable bonds is 13. The number of aliphatic hydroxyl groups is 1. The molecule has 1 heterocycles. The normalized spacial score (nSPS) is 17.1. The van der Waals surface area contributed by atoms with Crippen LogP contribution < -0.4 is 21.7 Å². The van der Waals surface area contributed by atoms with Gasteiger partial charge >= 0.3 is 6.09 Å². The first-order chi connectivity index (χ1) is 21.9. The Morgan fingerprint density at radius 2 is 1.65 bits per heavy atom. The molecule has 3 aromatic rings. The topological polar surface area (TPSA) is 163 Å². The molecule has 246 valence electrons. The van der Waals surface area contributed by atoms with Crippen molar-refractivity contribution in [3.8, 4) is 0 Å². The van der Waals surface area contributed by atoms with Gasteiger partial charge in [0, 0.05) is 12.1 Å². The Morgan fingerprint density at radius 1 is 0.957 bits per heavy atom. The number of nitrogens with one attached hydrogen (secondary N) is 3. The number of carbonyl (C=O) groups is 4. The second kappa shape index (κ2) is 15.7. The number of fused-ring (bicyclic) bond motifs is 1. The zero-order valence-corrected chi connectivity index (χ0v) is 26.7. The molecule has 11 heteroatoms. The Labute approximate surface area is 269 Å². The number of primary amides is 1. The molecule has 6 N–H and O–H groups in total. The number of alkyl carbamates (subject to hydrolysis) is 1. The lowest BCUT2D eigenvalue weighted by Crippen LogP contribution is -2.57. The van der Waals surface area contributed by atoms with Crippen molar-refractivity contribution < 1.29 is 29.0 Å². The number of ether oxygens (including phenoxy) is 1. The molecule has 0 radical (unpaired) electrons. The molecule has 4 amide bonds. The molecule has 0 aromatic heterocycles. The molecular weight excluding hydrogens is 586 g/mol. The van der Waals surface area contributed by atoms with E-state index in [1.54, 1.807) is 24.3 Å². The van der Waals surface area contributed by atoms with E-state index in [0.29, 0.717) is 0 Å². The summed E-state index contributed by atoms with van der Waals surface area (Å²) >= 11 is 0. The number of amides is 4. The van der Waals surface area contributed by atoms with Gasteiger partial charge in [-0.05, 0) is 68.5 Å². The first-order valence-electron chi connectivity index (χ1n) is 15.7. The van der Waals surface area contributed by atoms with E-state index in [4.69, 9.17) is 10.5 Å². The summed E-state index contributed by atoms with van der Waals surface area (Å²) in [6.45, 7) is 6.86. The zero-order chi connectivity index (χ0) is 33.3. The van der Waals surface area contributed by atoms with Gasteiger partial charge in [0.2, 0.25) is 17.7 Å². The Morgan fingerprint density at radius 3 is 2.35 bits per heavy atom. The van der Waals surface area contributed by atoms with Gasteiger partial charge in [-0.3, -0.25) is 19.3 Å². The second-order valence-corrected chi connectivity index (χ2v) is 12.8. The minimum Gasteiger partial charge on any atom is -0.445 e. The average molecular weight is 632 g/mol. The Kier molecular flexibility index (Phi) is 11.7. The highest BCUT2D eigenvalue weighted by Crippen LogP contribution is 2.26. The van der Waals surface area contributed by atoms with Gasteiger partial charge < -0.3 is 31.5 Å². The van der Waals surface area contributed by atoms with Crippen LogP contribution in [0.1, 0.15) is 51.2 Å². The van der Waals surface area contributed by atoms with E-state index in [-0.39, 0.29) is 37.1 Å². The highest BCUT2D eigenvalue weighted by Gasteiger charge is 2.37. The van der Waals surface area contributed by atoms with E-state index in [0.717, 1.165) is 41.3 Å². The van der Waals surface area contributed by atoms with Gasteiger partial charge in [0.25, 0.3) is 0 Å². The predicted octanol–water partition coefficient (Wildman–Crippen LogP) is 2.78. The van der Waals surface area contributed by atoms with Crippen molar-refractivity contribution in [2.75, 3.05) is 13.1 Å². The minimum atomic E-state index is -1.35. The number of carbonyl (C=O) groups excluding carboxylic acids is 4. The Hall–Kier alpha value is -4.48. The van der Waals surface area contributed by atoms with Gasteiger partial charge in [-0.2, -0.15) is 0 Å². The lowest BCUT2D eigenvalue weighted by molar-refractivity contribution is -0.128. The summed E-state index contributed by atoms with van der Waals surface area (Å²) in [6, 6.07) is 20.1. The zero-order valence-electron chi connectivity index (χ0n) is 26.7. The van der Waals surface area contributed by atoms with E-state index >= 15 is 0 Å². The molecule has 1 saturated heterocycles. The summed E-state index contributed by atoms with van der Waals surface area (Å²) in [4.78, 5) is 53.3. The van der Waals surface area contributed by atoms with Crippen LogP contribution in [-0.4, -0.2) is 76.7 Å². The largest absolute Gasteiger partial charge is 0.445 e. The lowest BCUT2D eigenvalue weighted by Gasteiger charge is -2.36. The predicted molar refractivity (Wildman–Crippen MR) is 175 cm³/mol. The van der Waals surface area contributed by atoms with E-state index < -0.39 is 42.5 Å². The fraction of sp³-hybridized carbons (Fsp3) is 0.429. The smallest absolute Gasteiger partial charge is 0.408 e. The molecule has 1 aliphatic heterocycles. The maximum atomic E-state index is 13.5. The van der Waals surface area contributed by atoms with Gasteiger partial charge in [-0.15, -0.1) is 0 Å². The van der Waals surface area contributed by atoms with Gasteiger partial charge in [0.15, 0.2) is 0 Å². The number of hydrogen-bond acceptors (Lipinski definition) is 7. The average Bonchev–Trinajstić information content (AvgIpc) is 3.53. The summed E-state index contributed by atoms with van der Waals surface area (Å²) in [5.41, 5.74) is 6.81. The summed E-state index contributed by atoms with van der Waals surface area (Å²) in [7, 11) is 0.